The van der Waals surface area contributed by atoms with E-state index >= 15 is 0 Å². The molecular weight excluding hydrogens is 338 g/mol. The number of hydrogen-bond acceptors (Lipinski definition) is 4. The van der Waals surface area contributed by atoms with Crippen LogP contribution in [0.2, 0.25) is 0 Å². The molecule has 1 aliphatic rings. The van der Waals surface area contributed by atoms with E-state index in [2.05, 4.69) is 17.3 Å². The topological polar surface area (TPSA) is 69.7 Å². The number of nitrogens with one attached hydrogen (secondary N) is 1. The van der Waals surface area contributed by atoms with Crippen molar-refractivity contribution >= 4 is 21.6 Å². The molecule has 0 bridgehead atoms. The standard InChI is InChI=1S/C18H29N3O3S/c1-4-21(5-2)25(23,24)17-8-6-16(7-9-17)19-18(22)14-15-10-12-20(3)13-11-15/h6-9,15H,4-5,10-14H2,1-3H3,(H,19,22). The maximum atomic E-state index is 12.5. The van der Waals surface area contributed by atoms with Gasteiger partial charge in [-0.25, -0.2) is 8.42 Å². The Bertz CT molecular complexity index is 661. The van der Waals surface area contributed by atoms with Gasteiger partial charge in [-0.2, -0.15) is 4.31 Å². The normalized spacial score (nSPS) is 17.0. The lowest BCUT2D eigenvalue weighted by Crippen LogP contribution is -2.32. The van der Waals surface area contributed by atoms with Crippen molar-refractivity contribution in [1.82, 2.24) is 9.21 Å². The van der Waals surface area contributed by atoms with Gasteiger partial charge in [-0.3, -0.25) is 4.79 Å². The number of nitrogens with zero attached hydrogens (tertiary/aromatic N) is 2. The van der Waals surface area contributed by atoms with E-state index in [1.54, 1.807) is 24.3 Å². The predicted molar refractivity (Wildman–Crippen MR) is 100 cm³/mol. The monoisotopic (exact) mass is 367 g/mol. The highest BCUT2D eigenvalue weighted by molar-refractivity contribution is 7.89. The zero-order valence-corrected chi connectivity index (χ0v) is 16.2. The van der Waals surface area contributed by atoms with Crippen molar-refractivity contribution in [1.29, 1.82) is 0 Å². The zero-order chi connectivity index (χ0) is 18.4. The fourth-order valence-corrected chi connectivity index (χ4v) is 4.62. The molecular formula is C18H29N3O3S. The zero-order valence-electron chi connectivity index (χ0n) is 15.4. The Morgan fingerprint density at radius 3 is 2.24 bits per heavy atom. The Kier molecular flexibility index (Phi) is 6.98. The summed E-state index contributed by atoms with van der Waals surface area (Å²) in [5.74, 6) is 0.424. The van der Waals surface area contributed by atoms with Gasteiger partial charge in [-0.05, 0) is 63.2 Å². The van der Waals surface area contributed by atoms with Gasteiger partial charge >= 0.3 is 0 Å². The molecule has 0 aromatic heterocycles. The molecule has 1 heterocycles. The molecule has 0 aliphatic carbocycles. The van der Waals surface area contributed by atoms with Crippen molar-refractivity contribution in [3.05, 3.63) is 24.3 Å². The van der Waals surface area contributed by atoms with Gasteiger partial charge < -0.3 is 10.2 Å². The second-order valence-electron chi connectivity index (χ2n) is 6.61. The van der Waals surface area contributed by atoms with Crippen LogP contribution < -0.4 is 5.32 Å². The summed E-state index contributed by atoms with van der Waals surface area (Å²) in [5.41, 5.74) is 0.636. The summed E-state index contributed by atoms with van der Waals surface area (Å²) in [4.78, 5) is 14.7. The first-order chi connectivity index (χ1) is 11.9. The average Bonchev–Trinajstić information content (AvgIpc) is 2.58. The Morgan fingerprint density at radius 2 is 1.72 bits per heavy atom. The van der Waals surface area contributed by atoms with Crippen LogP contribution in [0.3, 0.4) is 0 Å². The third kappa shape index (κ3) is 5.26. The van der Waals surface area contributed by atoms with E-state index in [0.717, 1.165) is 25.9 Å². The van der Waals surface area contributed by atoms with Gasteiger partial charge in [0.05, 0.1) is 4.90 Å². The SMILES string of the molecule is CCN(CC)S(=O)(=O)c1ccc(NC(=O)CC2CCN(C)CC2)cc1. The van der Waals surface area contributed by atoms with Crippen molar-refractivity contribution in [2.75, 3.05) is 38.5 Å². The molecule has 0 radical (unpaired) electrons. The van der Waals surface area contributed by atoms with Crippen LogP contribution in [0, 0.1) is 5.92 Å². The summed E-state index contributed by atoms with van der Waals surface area (Å²) in [6.07, 6.45) is 2.61. The van der Waals surface area contributed by atoms with Crippen LogP contribution in [0.4, 0.5) is 5.69 Å². The van der Waals surface area contributed by atoms with Crippen molar-refractivity contribution < 1.29 is 13.2 Å². The van der Waals surface area contributed by atoms with Gasteiger partial charge in [0.15, 0.2) is 0 Å². The van der Waals surface area contributed by atoms with Crippen LogP contribution in [0.1, 0.15) is 33.1 Å². The molecule has 1 fully saturated rings. The summed E-state index contributed by atoms with van der Waals surface area (Å²) >= 11 is 0. The van der Waals surface area contributed by atoms with E-state index in [0.29, 0.717) is 31.1 Å². The molecule has 1 aliphatic heterocycles. The number of hydrogen-bond donors (Lipinski definition) is 1. The number of carbonyl (C=O) groups excluding carboxylic acids is 1. The lowest BCUT2D eigenvalue weighted by molar-refractivity contribution is -0.117. The number of likely N-dealkylation sites (tertiary alicyclic amines) is 1. The fraction of sp³-hybridized carbons (Fsp3) is 0.611. The number of anilines is 1. The van der Waals surface area contributed by atoms with Gasteiger partial charge in [-0.15, -0.1) is 0 Å². The molecule has 1 saturated heterocycles. The highest BCUT2D eigenvalue weighted by Gasteiger charge is 2.22. The molecule has 0 spiro atoms. The van der Waals surface area contributed by atoms with Crippen molar-refractivity contribution in [3.8, 4) is 0 Å². The quantitative estimate of drug-likeness (QED) is 0.803. The number of benzene rings is 1. The Balaban J connectivity index is 1.95. The van der Waals surface area contributed by atoms with E-state index < -0.39 is 10.0 Å². The smallest absolute Gasteiger partial charge is 0.243 e. The number of amides is 1. The lowest BCUT2D eigenvalue weighted by Gasteiger charge is -2.28. The minimum atomic E-state index is -3.46. The van der Waals surface area contributed by atoms with E-state index in [1.807, 2.05) is 13.8 Å². The highest BCUT2D eigenvalue weighted by Crippen LogP contribution is 2.21. The van der Waals surface area contributed by atoms with Gasteiger partial charge in [0.25, 0.3) is 0 Å². The molecule has 1 aromatic carbocycles. The number of sulfonamides is 1. The average molecular weight is 368 g/mol. The molecule has 6 nitrogen and oxygen atoms in total. The Morgan fingerprint density at radius 1 is 1.16 bits per heavy atom. The fourth-order valence-electron chi connectivity index (χ4n) is 3.16. The lowest BCUT2D eigenvalue weighted by atomic mass is 9.93. The van der Waals surface area contributed by atoms with E-state index in [4.69, 9.17) is 0 Å². The van der Waals surface area contributed by atoms with E-state index in [1.165, 1.54) is 4.31 Å². The molecule has 140 valence electrons. The van der Waals surface area contributed by atoms with Crippen LogP contribution in [-0.4, -0.2) is 56.8 Å². The largest absolute Gasteiger partial charge is 0.326 e. The third-order valence-corrected chi connectivity index (χ3v) is 6.86. The van der Waals surface area contributed by atoms with Crippen LogP contribution in [0.15, 0.2) is 29.2 Å². The molecule has 2 rings (SSSR count). The minimum absolute atomic E-state index is 0.00565. The van der Waals surface area contributed by atoms with Gasteiger partial charge in [0, 0.05) is 25.2 Å². The van der Waals surface area contributed by atoms with E-state index in [9.17, 15) is 13.2 Å². The van der Waals surface area contributed by atoms with Gasteiger partial charge in [0.1, 0.15) is 0 Å². The molecule has 1 aromatic rings. The Hall–Kier alpha value is -1.44. The highest BCUT2D eigenvalue weighted by atomic mass is 32.2. The summed E-state index contributed by atoms with van der Waals surface area (Å²) < 4.78 is 26.3. The van der Waals surface area contributed by atoms with Gasteiger partial charge in [0.2, 0.25) is 15.9 Å². The molecule has 0 atom stereocenters. The van der Waals surface area contributed by atoms with E-state index in [-0.39, 0.29) is 10.8 Å². The molecule has 1 amide bonds. The predicted octanol–water partition coefficient (Wildman–Crippen LogP) is 2.39. The second-order valence-corrected chi connectivity index (χ2v) is 8.55. The van der Waals surface area contributed by atoms with Crippen LogP contribution in [-0.2, 0) is 14.8 Å². The minimum Gasteiger partial charge on any atom is -0.326 e. The molecule has 0 unspecified atom stereocenters. The summed E-state index contributed by atoms with van der Waals surface area (Å²) in [6.45, 7) is 6.59. The molecule has 0 saturated carbocycles. The first-order valence-electron chi connectivity index (χ1n) is 8.95. The van der Waals surface area contributed by atoms with Crippen molar-refractivity contribution in [2.45, 2.75) is 38.0 Å². The maximum absolute atomic E-state index is 12.5. The first kappa shape index (κ1) is 19.9. The van der Waals surface area contributed by atoms with Crippen molar-refractivity contribution in [2.24, 2.45) is 5.92 Å². The maximum Gasteiger partial charge on any atom is 0.243 e. The Labute approximate surface area is 151 Å². The number of piperidine rings is 1. The van der Waals surface area contributed by atoms with Gasteiger partial charge in [-0.1, -0.05) is 13.8 Å². The van der Waals surface area contributed by atoms with Crippen molar-refractivity contribution in [3.63, 3.8) is 0 Å². The van der Waals surface area contributed by atoms with Crippen LogP contribution in [0.25, 0.3) is 0 Å². The van der Waals surface area contributed by atoms with Crippen LogP contribution >= 0.6 is 0 Å². The summed E-state index contributed by atoms with van der Waals surface area (Å²) in [5, 5.41) is 2.88. The molecule has 25 heavy (non-hydrogen) atoms. The molecule has 7 heteroatoms. The third-order valence-electron chi connectivity index (χ3n) is 4.79. The first-order valence-corrected chi connectivity index (χ1v) is 10.4. The summed E-state index contributed by atoms with van der Waals surface area (Å²) in [6, 6.07) is 6.42. The number of rotatable bonds is 7. The number of carbonyl (C=O) groups is 1. The summed E-state index contributed by atoms with van der Waals surface area (Å²) in [7, 11) is -1.36. The second kappa shape index (κ2) is 8.78. The molecule has 1 N–H and O–H groups in total. The van der Waals surface area contributed by atoms with Crippen LogP contribution in [0.5, 0.6) is 0 Å².